The largest absolute Gasteiger partial charge is 0.330 e. The summed E-state index contributed by atoms with van der Waals surface area (Å²) < 4.78 is 13.2. The average molecular weight is 271 g/mol. The molecule has 2 rings (SSSR count). The number of rotatable bonds is 5. The van der Waals surface area contributed by atoms with E-state index in [0.29, 0.717) is 12.5 Å². The molecule has 2 N–H and O–H groups in total. The van der Waals surface area contributed by atoms with Gasteiger partial charge in [0.2, 0.25) is 0 Å². The van der Waals surface area contributed by atoms with E-state index in [2.05, 4.69) is 32.0 Å². The number of benzene rings is 2. The second-order valence-corrected chi connectivity index (χ2v) is 5.51. The van der Waals surface area contributed by atoms with Crippen LogP contribution in [-0.2, 0) is 12.8 Å². The maximum Gasteiger partial charge on any atom is 0.123 e. The van der Waals surface area contributed by atoms with Crippen LogP contribution in [0.3, 0.4) is 0 Å². The predicted octanol–water partition coefficient (Wildman–Crippen LogP) is 3.80. The van der Waals surface area contributed by atoms with Crippen LogP contribution < -0.4 is 5.73 Å². The molecular formula is C18H22FN. The third-order valence-corrected chi connectivity index (χ3v) is 3.88. The van der Waals surface area contributed by atoms with E-state index in [9.17, 15) is 4.39 Å². The van der Waals surface area contributed by atoms with Crippen molar-refractivity contribution in [3.8, 4) is 0 Å². The minimum absolute atomic E-state index is 0.176. The minimum atomic E-state index is -0.176. The molecule has 0 saturated heterocycles. The Kier molecular flexibility index (Phi) is 4.91. The summed E-state index contributed by atoms with van der Waals surface area (Å²) in [5.41, 5.74) is 10.9. The summed E-state index contributed by atoms with van der Waals surface area (Å²) in [5, 5.41) is 0. The van der Waals surface area contributed by atoms with Gasteiger partial charge in [0.1, 0.15) is 5.82 Å². The lowest BCUT2D eigenvalue weighted by molar-refractivity contribution is 0.528. The molecule has 20 heavy (non-hydrogen) atoms. The van der Waals surface area contributed by atoms with Crippen LogP contribution in [0.4, 0.5) is 4.39 Å². The van der Waals surface area contributed by atoms with E-state index in [1.54, 1.807) is 12.1 Å². The fourth-order valence-corrected chi connectivity index (χ4v) is 2.70. The van der Waals surface area contributed by atoms with E-state index >= 15 is 0 Å². The van der Waals surface area contributed by atoms with Crippen LogP contribution in [0.15, 0.2) is 42.5 Å². The summed E-state index contributed by atoms with van der Waals surface area (Å²) in [6.45, 7) is 4.89. The van der Waals surface area contributed by atoms with E-state index < -0.39 is 0 Å². The Hall–Kier alpha value is -1.67. The Labute approximate surface area is 120 Å². The molecule has 0 aliphatic heterocycles. The smallest absolute Gasteiger partial charge is 0.123 e. The van der Waals surface area contributed by atoms with Crippen LogP contribution in [0.2, 0.25) is 0 Å². The van der Waals surface area contributed by atoms with Crippen molar-refractivity contribution in [1.82, 2.24) is 0 Å². The molecule has 1 atom stereocenters. The topological polar surface area (TPSA) is 26.0 Å². The molecule has 1 unspecified atom stereocenters. The van der Waals surface area contributed by atoms with Gasteiger partial charge in [-0.15, -0.1) is 0 Å². The molecule has 106 valence electrons. The third-order valence-electron chi connectivity index (χ3n) is 3.88. The molecule has 0 bridgehead atoms. The first-order chi connectivity index (χ1) is 9.60. The van der Waals surface area contributed by atoms with Gasteiger partial charge in [0.05, 0.1) is 0 Å². The number of nitrogens with two attached hydrogens (primary N) is 1. The van der Waals surface area contributed by atoms with Crippen molar-refractivity contribution < 1.29 is 4.39 Å². The van der Waals surface area contributed by atoms with E-state index in [1.165, 1.54) is 22.8 Å². The van der Waals surface area contributed by atoms with Crippen molar-refractivity contribution in [3.63, 3.8) is 0 Å². The van der Waals surface area contributed by atoms with Gasteiger partial charge in [-0.2, -0.15) is 0 Å². The van der Waals surface area contributed by atoms with Crippen LogP contribution in [0.1, 0.15) is 22.3 Å². The molecule has 2 heteroatoms. The number of aryl methyl sites for hydroxylation is 2. The van der Waals surface area contributed by atoms with Crippen molar-refractivity contribution in [1.29, 1.82) is 0 Å². The van der Waals surface area contributed by atoms with Gasteiger partial charge < -0.3 is 5.73 Å². The van der Waals surface area contributed by atoms with Crippen LogP contribution >= 0.6 is 0 Å². The predicted molar refractivity (Wildman–Crippen MR) is 82.3 cm³/mol. The zero-order valence-electron chi connectivity index (χ0n) is 12.2. The van der Waals surface area contributed by atoms with E-state index in [1.807, 2.05) is 6.07 Å². The first kappa shape index (κ1) is 14.7. The van der Waals surface area contributed by atoms with Crippen molar-refractivity contribution in [2.75, 3.05) is 6.54 Å². The molecular weight excluding hydrogens is 249 g/mol. The highest BCUT2D eigenvalue weighted by Crippen LogP contribution is 2.20. The van der Waals surface area contributed by atoms with Gasteiger partial charge in [-0.05, 0) is 73.5 Å². The van der Waals surface area contributed by atoms with Crippen molar-refractivity contribution in [2.45, 2.75) is 26.7 Å². The van der Waals surface area contributed by atoms with Crippen molar-refractivity contribution in [3.05, 3.63) is 70.5 Å². The highest BCUT2D eigenvalue weighted by molar-refractivity contribution is 5.34. The van der Waals surface area contributed by atoms with Crippen LogP contribution in [0.5, 0.6) is 0 Å². The normalized spacial score (nSPS) is 12.4. The highest BCUT2D eigenvalue weighted by Gasteiger charge is 2.12. The summed E-state index contributed by atoms with van der Waals surface area (Å²) in [6.07, 6.45) is 1.77. The molecule has 0 saturated carbocycles. The summed E-state index contributed by atoms with van der Waals surface area (Å²) in [7, 11) is 0. The molecule has 2 aromatic carbocycles. The molecule has 0 fully saturated rings. The molecule has 1 nitrogen and oxygen atoms in total. The summed E-state index contributed by atoms with van der Waals surface area (Å²) in [6, 6.07) is 13.2. The summed E-state index contributed by atoms with van der Waals surface area (Å²) >= 11 is 0. The first-order valence-corrected chi connectivity index (χ1v) is 7.09. The molecule has 0 aliphatic rings. The van der Waals surface area contributed by atoms with Gasteiger partial charge in [0.25, 0.3) is 0 Å². The standard InChI is InChI=1S/C18H22FN/c1-13-5-3-6-14(2)18(13)11-16(12-20)9-15-7-4-8-17(19)10-15/h3-8,10,16H,9,11-12,20H2,1-2H3. The van der Waals surface area contributed by atoms with Crippen LogP contribution in [0, 0.1) is 25.6 Å². The van der Waals surface area contributed by atoms with E-state index in [-0.39, 0.29) is 5.82 Å². The quantitative estimate of drug-likeness (QED) is 0.879. The van der Waals surface area contributed by atoms with Gasteiger partial charge in [0, 0.05) is 0 Å². The lowest BCUT2D eigenvalue weighted by Gasteiger charge is -2.18. The Balaban J connectivity index is 2.13. The molecule has 2 aromatic rings. The number of hydrogen-bond acceptors (Lipinski definition) is 1. The lowest BCUT2D eigenvalue weighted by atomic mass is 9.89. The zero-order valence-corrected chi connectivity index (χ0v) is 12.2. The molecule has 0 heterocycles. The van der Waals surface area contributed by atoms with Crippen molar-refractivity contribution in [2.24, 2.45) is 11.7 Å². The molecule has 0 aliphatic carbocycles. The second-order valence-electron chi connectivity index (χ2n) is 5.51. The fourth-order valence-electron chi connectivity index (χ4n) is 2.70. The molecule has 0 amide bonds. The molecule has 0 spiro atoms. The third kappa shape index (κ3) is 3.67. The zero-order chi connectivity index (χ0) is 14.5. The Morgan fingerprint density at radius 1 is 1.00 bits per heavy atom. The van der Waals surface area contributed by atoms with E-state index in [0.717, 1.165) is 18.4 Å². The summed E-state index contributed by atoms with van der Waals surface area (Å²) in [5.74, 6) is 0.168. The molecule has 0 radical (unpaired) electrons. The Morgan fingerprint density at radius 2 is 1.65 bits per heavy atom. The van der Waals surface area contributed by atoms with Gasteiger partial charge in [0.15, 0.2) is 0 Å². The lowest BCUT2D eigenvalue weighted by Crippen LogP contribution is -2.20. The molecule has 0 aromatic heterocycles. The summed E-state index contributed by atoms with van der Waals surface area (Å²) in [4.78, 5) is 0. The Morgan fingerprint density at radius 3 is 2.25 bits per heavy atom. The maximum absolute atomic E-state index is 13.2. The second kappa shape index (κ2) is 6.67. The van der Waals surface area contributed by atoms with Crippen molar-refractivity contribution >= 4 is 0 Å². The van der Waals surface area contributed by atoms with E-state index in [4.69, 9.17) is 5.73 Å². The number of halogens is 1. The monoisotopic (exact) mass is 271 g/mol. The minimum Gasteiger partial charge on any atom is -0.330 e. The average Bonchev–Trinajstić information content (AvgIpc) is 2.42. The van der Waals surface area contributed by atoms with Crippen LogP contribution in [0.25, 0.3) is 0 Å². The van der Waals surface area contributed by atoms with Gasteiger partial charge >= 0.3 is 0 Å². The van der Waals surface area contributed by atoms with Crippen LogP contribution in [-0.4, -0.2) is 6.54 Å². The first-order valence-electron chi connectivity index (χ1n) is 7.09. The Bertz CT molecular complexity index is 557. The van der Waals surface area contributed by atoms with Gasteiger partial charge in [-0.25, -0.2) is 4.39 Å². The maximum atomic E-state index is 13.2. The van der Waals surface area contributed by atoms with Gasteiger partial charge in [-0.3, -0.25) is 0 Å². The highest BCUT2D eigenvalue weighted by atomic mass is 19.1. The number of hydrogen-bond donors (Lipinski definition) is 1. The fraction of sp³-hybridized carbons (Fsp3) is 0.333. The van der Waals surface area contributed by atoms with Gasteiger partial charge in [-0.1, -0.05) is 30.3 Å². The SMILES string of the molecule is Cc1cccc(C)c1CC(CN)Cc1cccc(F)c1.